The Bertz CT molecular complexity index is 5260. The fourth-order valence-corrected chi connectivity index (χ4v) is 12.5. The molecule has 3 aliphatic heterocycles. The Kier molecular flexibility index (Phi) is 31.1. The first-order valence-electron chi connectivity index (χ1n) is 37.5. The Morgan fingerprint density at radius 2 is 0.835 bits per heavy atom. The van der Waals surface area contributed by atoms with Gasteiger partial charge in [-0.2, -0.15) is 20.4 Å². The number of aryl methyl sites for hydroxylation is 2. The van der Waals surface area contributed by atoms with Crippen LogP contribution in [0.2, 0.25) is 5.15 Å². The number of alkyl halides is 1. The Balaban J connectivity index is 0.000000149. The Morgan fingerprint density at radius 3 is 1.29 bits per heavy atom. The molecule has 594 valence electrons. The molecule has 0 saturated carbocycles. The van der Waals surface area contributed by atoms with Gasteiger partial charge in [0.05, 0.1) is 86.2 Å². The molecule has 14 aromatic rings. The zero-order chi connectivity index (χ0) is 79.1. The molecule has 3 saturated heterocycles. The van der Waals surface area contributed by atoms with Crippen molar-refractivity contribution in [1.29, 1.82) is 0 Å². The predicted molar refractivity (Wildman–Crippen MR) is 459 cm³/mol. The largest absolute Gasteiger partial charge is 0.516 e. The highest BCUT2D eigenvalue weighted by Crippen LogP contribution is 2.37. The minimum Gasteiger partial charge on any atom is -0.398 e. The molecule has 0 aliphatic carbocycles. The maximum absolute atomic E-state index is 6.01. The fourth-order valence-electron chi connectivity index (χ4n) is 12.1. The summed E-state index contributed by atoms with van der Waals surface area (Å²) in [5.74, 6) is 1.43. The van der Waals surface area contributed by atoms with Crippen LogP contribution in [-0.2, 0) is 44.0 Å². The van der Waals surface area contributed by atoms with E-state index in [1.165, 1.54) is 12.8 Å². The minimum absolute atomic E-state index is 0. The van der Waals surface area contributed by atoms with Crippen LogP contribution in [0.1, 0.15) is 115 Å². The average molecular weight is 1630 g/mol. The second-order valence-corrected chi connectivity index (χ2v) is 28.1. The van der Waals surface area contributed by atoms with E-state index in [2.05, 4.69) is 89.2 Å². The minimum atomic E-state index is -0.398. The van der Waals surface area contributed by atoms with Crippen LogP contribution in [-0.4, -0.2) is 121 Å². The van der Waals surface area contributed by atoms with Crippen LogP contribution < -0.4 is 28.5 Å². The maximum atomic E-state index is 6.01. The van der Waals surface area contributed by atoms with Gasteiger partial charge in [0.25, 0.3) is 0 Å². The fraction of sp³-hybridized carbons (Fsp3) is 0.262. The van der Waals surface area contributed by atoms with Crippen molar-refractivity contribution in [2.24, 2.45) is 0 Å². The van der Waals surface area contributed by atoms with E-state index >= 15 is 0 Å². The predicted octanol–water partition coefficient (Wildman–Crippen LogP) is 16.5. The highest BCUT2D eigenvalue weighted by molar-refractivity contribution is 6.61. The number of benzene rings is 4. The van der Waals surface area contributed by atoms with Gasteiger partial charge in [0.15, 0.2) is 0 Å². The van der Waals surface area contributed by atoms with Gasteiger partial charge >= 0.3 is 7.12 Å². The molecule has 13 heterocycles. The summed E-state index contributed by atoms with van der Waals surface area (Å²) in [6.07, 6.45) is 16.1. The molecule has 9 N–H and O–H groups in total. The van der Waals surface area contributed by atoms with E-state index in [1.807, 2.05) is 261 Å². The smallest absolute Gasteiger partial charge is 0.398 e. The lowest BCUT2D eigenvalue weighted by Crippen LogP contribution is -2.41. The molecule has 0 amide bonds. The molecule has 3 aliphatic rings. The van der Waals surface area contributed by atoms with Crippen molar-refractivity contribution in [3.63, 3.8) is 0 Å². The van der Waals surface area contributed by atoms with Crippen LogP contribution in [0, 0.1) is 0 Å². The topological polar surface area (TPSA) is 352 Å². The number of anilines is 4. The van der Waals surface area contributed by atoms with Crippen LogP contribution in [0.3, 0.4) is 0 Å². The van der Waals surface area contributed by atoms with Crippen LogP contribution in [0.4, 0.5) is 23.8 Å². The number of ether oxygens (including phenoxy) is 2. The molecule has 26 nitrogen and oxygen atoms in total. The average Bonchev–Trinajstić information content (AvgIpc) is 1.62. The number of halogens is 4. The van der Waals surface area contributed by atoms with E-state index in [0.717, 1.165) is 154 Å². The first-order chi connectivity index (χ1) is 54.8. The van der Waals surface area contributed by atoms with Gasteiger partial charge in [-0.1, -0.05) is 159 Å². The summed E-state index contributed by atoms with van der Waals surface area (Å²) in [6.45, 7) is 14.6. The number of nitrogens with one attached hydrogen (secondary N) is 1. The van der Waals surface area contributed by atoms with Gasteiger partial charge in [-0.3, -0.25) is 19.7 Å². The van der Waals surface area contributed by atoms with Crippen molar-refractivity contribution in [3.05, 3.63) is 259 Å². The van der Waals surface area contributed by atoms with Crippen molar-refractivity contribution >= 4 is 84.5 Å². The third-order valence-electron chi connectivity index (χ3n) is 18.7. The van der Waals surface area contributed by atoms with Gasteiger partial charge in [-0.05, 0) is 146 Å². The van der Waals surface area contributed by atoms with E-state index in [4.69, 9.17) is 64.9 Å². The zero-order valence-electron chi connectivity index (χ0n) is 64.8. The van der Waals surface area contributed by atoms with Gasteiger partial charge in [0.1, 0.15) is 29.0 Å². The number of H-pyrrole nitrogens is 1. The van der Waals surface area contributed by atoms with Crippen LogP contribution in [0.15, 0.2) is 231 Å². The molecular formula is C84H93BCl4N22O4. The summed E-state index contributed by atoms with van der Waals surface area (Å²) in [5.41, 5.74) is 39.0. The lowest BCUT2D eigenvalue weighted by Gasteiger charge is -2.32. The summed E-state index contributed by atoms with van der Waals surface area (Å²) >= 11 is 11.4. The number of nitrogens with two attached hydrogens (primary N) is 4. The molecule has 0 bridgehead atoms. The molecule has 2 atom stereocenters. The van der Waals surface area contributed by atoms with E-state index < -0.39 is 7.12 Å². The molecule has 115 heavy (non-hydrogen) atoms. The molecule has 3 fully saturated rings. The molecule has 10 aromatic heterocycles. The quantitative estimate of drug-likeness (QED) is 0.0361. The van der Waals surface area contributed by atoms with Crippen molar-refractivity contribution < 1.29 is 18.8 Å². The number of aromatic amines is 1. The van der Waals surface area contributed by atoms with Gasteiger partial charge in [0.2, 0.25) is 23.8 Å². The SMILES string of the molecule is CC1(C)OB(c2ccn(C3CCCCO3)n2)OC1(C)C.CCc1cccc(CCl)n1.CCc1cccc(Cn2ccc(-c3cc(-c4ccccc4)nc(N)n3)n2)n1.Cl.Cl.Nc1nc(-c2ccccc2)cc(-c2ccn(C3CCCCO3)n2)n1.Nc1nc(-c2ccccc2)cc(-c2ccn[nH]2)n1.Nc1nc(Cl)cc(-c2ccccc2)n1. The second-order valence-electron chi connectivity index (χ2n) is 27.5. The summed E-state index contributed by atoms with van der Waals surface area (Å²) in [4.78, 5) is 42.6. The lowest BCUT2D eigenvalue weighted by molar-refractivity contribution is -0.0394. The molecular weight excluding hydrogens is 1530 g/mol. The molecule has 0 radical (unpaired) electrons. The number of pyridine rings is 2. The Labute approximate surface area is 691 Å². The summed E-state index contributed by atoms with van der Waals surface area (Å²) in [7, 11) is -0.398. The lowest BCUT2D eigenvalue weighted by atomic mass is 9.85. The van der Waals surface area contributed by atoms with Gasteiger partial charge in [-0.25, -0.2) is 49.2 Å². The monoisotopic (exact) mass is 1620 g/mol. The number of nitrogen functional groups attached to an aromatic ring is 4. The third-order valence-corrected chi connectivity index (χ3v) is 19.2. The summed E-state index contributed by atoms with van der Waals surface area (Å²) < 4.78 is 29.2. The summed E-state index contributed by atoms with van der Waals surface area (Å²) in [5, 5.41) is 21.0. The van der Waals surface area contributed by atoms with Gasteiger partial charge < -0.3 is 41.7 Å². The van der Waals surface area contributed by atoms with E-state index in [1.54, 1.807) is 12.3 Å². The first kappa shape index (κ1) is 86.0. The normalized spacial score (nSPS) is 15.0. The van der Waals surface area contributed by atoms with Gasteiger partial charge in [-0.15, -0.1) is 36.4 Å². The van der Waals surface area contributed by atoms with Crippen molar-refractivity contribution in [2.45, 2.75) is 129 Å². The maximum Gasteiger partial charge on any atom is 0.516 e. The number of nitrogens with zero attached hydrogens (tertiary/aromatic N) is 17. The van der Waals surface area contributed by atoms with Crippen LogP contribution in [0.25, 0.3) is 79.2 Å². The standard InChI is InChI=1S/C21H20N6.C18H19N5O.C14H23BN2O3.C13H11N5.C10H8ClN3.C8H10ClN.2ClH/c1-2-16-9-6-10-17(23-16)14-27-12-11-18(26-27)20-13-19(24-21(22)25-20)15-7-4-3-5-8-15;19-18-20-15(13-6-2-1-3-7-13)12-16(21-18)14-9-10-23(22-14)17-8-4-5-11-24-17;1-13(2)14(3,4)20-15(19-13)11-8-9-17(16-11)12-7-5-6-10-18-12;14-13-16-11(9-4-2-1-3-5-9)8-12(17-13)10-6-7-15-18-10;11-9-6-8(13-10(12)14-9)7-4-2-1-3-5-7;1-2-7-4-3-5-8(6-9)10-7;;/h3-13H,2,14H2,1H3,(H2,22,24,25);1-3,6-7,9-10,12,17H,4-5,8,11H2,(H2,19,20,21);8-9,12H,5-7,10H2,1-4H3;1-8H,(H,15,18)(H2,14,16,17);1-6H,(H2,12,13,14);3-5H,2,6H2,1H3;2*1H. The van der Waals surface area contributed by atoms with Crippen molar-refractivity contribution in [1.82, 2.24) is 89.4 Å². The van der Waals surface area contributed by atoms with E-state index in [-0.39, 0.29) is 72.3 Å². The van der Waals surface area contributed by atoms with E-state index in [0.29, 0.717) is 23.3 Å². The number of rotatable bonds is 15. The highest BCUT2D eigenvalue weighted by atomic mass is 35.5. The van der Waals surface area contributed by atoms with Crippen molar-refractivity contribution in [2.75, 3.05) is 36.1 Å². The first-order valence-corrected chi connectivity index (χ1v) is 38.4. The highest BCUT2D eigenvalue weighted by Gasteiger charge is 2.52. The van der Waals surface area contributed by atoms with Crippen LogP contribution >= 0.6 is 48.0 Å². The number of hydrogen-bond donors (Lipinski definition) is 5. The van der Waals surface area contributed by atoms with Gasteiger partial charge in [0, 0.05) is 77.7 Å². The molecule has 31 heteroatoms. The Hall–Kier alpha value is -11.4. The molecule has 0 spiro atoms. The molecule has 4 aromatic carbocycles. The van der Waals surface area contributed by atoms with Crippen molar-refractivity contribution in [3.8, 4) is 79.2 Å². The zero-order valence-corrected chi connectivity index (χ0v) is 67.9. The Morgan fingerprint density at radius 1 is 0.426 bits per heavy atom. The third kappa shape index (κ3) is 24.1. The molecule has 17 rings (SSSR count). The number of aromatic nitrogens is 18. The van der Waals surface area contributed by atoms with E-state index in [9.17, 15) is 0 Å². The summed E-state index contributed by atoms with van der Waals surface area (Å²) in [6, 6.07) is 66.5. The van der Waals surface area contributed by atoms with Crippen LogP contribution in [0.5, 0.6) is 0 Å². The second kappa shape index (κ2) is 41.6. The molecule has 2 unspecified atom stereocenters. The number of hydrogen-bond acceptors (Lipinski definition) is 22.